The lowest BCUT2D eigenvalue weighted by Crippen LogP contribution is -2.19. The van der Waals surface area contributed by atoms with E-state index in [-0.39, 0.29) is 6.23 Å². The largest absolute Gasteiger partial charge is 0.486 e. The molecule has 0 N–H and O–H groups in total. The lowest BCUT2D eigenvalue weighted by Gasteiger charge is -2.23. The minimum atomic E-state index is -0.540. The molecule has 1 aliphatic rings. The van der Waals surface area contributed by atoms with Crippen molar-refractivity contribution in [2.45, 2.75) is 38.5 Å². The SMILES string of the molecule is CC(Oc1ccc2c(c1)c(-c1ccc(F)nc1)nn2C1CCCCO1)c1c(Cl)cncc1Cl. The molecule has 33 heavy (non-hydrogen) atoms. The first-order valence-corrected chi connectivity index (χ1v) is 11.5. The summed E-state index contributed by atoms with van der Waals surface area (Å²) in [6.07, 6.45) is 7.01. The molecule has 170 valence electrons. The predicted octanol–water partition coefficient (Wildman–Crippen LogP) is 6.78. The summed E-state index contributed by atoms with van der Waals surface area (Å²) in [5, 5.41) is 6.58. The second-order valence-corrected chi connectivity index (χ2v) is 8.75. The Balaban J connectivity index is 1.57. The number of ether oxygens (including phenoxy) is 2. The van der Waals surface area contributed by atoms with E-state index in [9.17, 15) is 4.39 Å². The fourth-order valence-corrected chi connectivity index (χ4v) is 4.80. The van der Waals surface area contributed by atoms with Gasteiger partial charge in [-0.3, -0.25) is 4.98 Å². The van der Waals surface area contributed by atoms with E-state index in [2.05, 4.69) is 9.97 Å². The van der Waals surface area contributed by atoms with Crippen molar-refractivity contribution in [1.82, 2.24) is 19.7 Å². The van der Waals surface area contributed by atoms with Crippen LogP contribution in [-0.2, 0) is 4.74 Å². The van der Waals surface area contributed by atoms with Crippen molar-refractivity contribution >= 4 is 34.1 Å². The number of hydrogen-bond donors (Lipinski definition) is 0. The fraction of sp³-hybridized carbons (Fsp3) is 0.292. The third-order valence-corrected chi connectivity index (χ3v) is 6.32. The first-order chi connectivity index (χ1) is 16.0. The minimum absolute atomic E-state index is 0.150. The lowest BCUT2D eigenvalue weighted by molar-refractivity contribution is -0.0365. The van der Waals surface area contributed by atoms with E-state index in [1.165, 1.54) is 12.3 Å². The molecule has 6 nitrogen and oxygen atoms in total. The van der Waals surface area contributed by atoms with Crippen LogP contribution in [0.5, 0.6) is 5.75 Å². The van der Waals surface area contributed by atoms with E-state index in [1.807, 2.05) is 29.8 Å². The van der Waals surface area contributed by atoms with E-state index in [1.54, 1.807) is 18.5 Å². The molecule has 1 aliphatic heterocycles. The van der Waals surface area contributed by atoms with Crippen LogP contribution in [-0.4, -0.2) is 26.4 Å². The van der Waals surface area contributed by atoms with Crippen molar-refractivity contribution in [3.63, 3.8) is 0 Å². The molecule has 1 saturated heterocycles. The summed E-state index contributed by atoms with van der Waals surface area (Å²) >= 11 is 12.6. The molecule has 0 radical (unpaired) electrons. The van der Waals surface area contributed by atoms with Crippen molar-refractivity contribution in [1.29, 1.82) is 0 Å². The quantitative estimate of drug-likeness (QED) is 0.291. The van der Waals surface area contributed by atoms with Gasteiger partial charge in [-0.05, 0) is 56.5 Å². The van der Waals surface area contributed by atoms with Crippen LogP contribution in [0.3, 0.4) is 0 Å². The van der Waals surface area contributed by atoms with Crippen molar-refractivity contribution in [2.75, 3.05) is 6.61 Å². The van der Waals surface area contributed by atoms with Gasteiger partial charge in [0.1, 0.15) is 17.5 Å². The maximum atomic E-state index is 13.4. The third-order valence-electron chi connectivity index (χ3n) is 5.72. The highest BCUT2D eigenvalue weighted by Crippen LogP contribution is 2.37. The van der Waals surface area contributed by atoms with Gasteiger partial charge in [0, 0.05) is 41.7 Å². The molecule has 4 aromatic rings. The van der Waals surface area contributed by atoms with Gasteiger partial charge in [0.15, 0.2) is 6.23 Å². The zero-order chi connectivity index (χ0) is 22.9. The van der Waals surface area contributed by atoms with Gasteiger partial charge in [0.25, 0.3) is 0 Å². The zero-order valence-electron chi connectivity index (χ0n) is 17.8. The van der Waals surface area contributed by atoms with Crippen LogP contribution in [0.1, 0.15) is 44.1 Å². The van der Waals surface area contributed by atoms with Crippen LogP contribution in [0.4, 0.5) is 4.39 Å². The molecule has 0 amide bonds. The molecule has 9 heteroatoms. The van der Waals surface area contributed by atoms with Gasteiger partial charge >= 0.3 is 0 Å². The Labute approximate surface area is 200 Å². The summed E-state index contributed by atoms with van der Waals surface area (Å²) in [5.74, 6) is 0.0847. The van der Waals surface area contributed by atoms with Gasteiger partial charge in [0.2, 0.25) is 5.95 Å². The Hall–Kier alpha value is -2.74. The average molecular weight is 487 g/mol. The topological polar surface area (TPSA) is 62.1 Å². The summed E-state index contributed by atoms with van der Waals surface area (Å²) in [5.41, 5.74) is 2.97. The van der Waals surface area contributed by atoms with Crippen LogP contribution in [0.2, 0.25) is 10.0 Å². The maximum Gasteiger partial charge on any atom is 0.212 e. The molecule has 0 aliphatic carbocycles. The van der Waals surface area contributed by atoms with E-state index in [4.69, 9.17) is 37.8 Å². The van der Waals surface area contributed by atoms with E-state index in [0.29, 0.717) is 39.2 Å². The van der Waals surface area contributed by atoms with Crippen LogP contribution in [0, 0.1) is 5.95 Å². The molecular weight excluding hydrogens is 466 g/mol. The molecule has 2 unspecified atom stereocenters. The number of hydrogen-bond acceptors (Lipinski definition) is 5. The lowest BCUT2D eigenvalue weighted by atomic mass is 10.1. The molecule has 2 atom stereocenters. The van der Waals surface area contributed by atoms with Gasteiger partial charge in [-0.2, -0.15) is 9.49 Å². The van der Waals surface area contributed by atoms with Crippen LogP contribution < -0.4 is 4.74 Å². The van der Waals surface area contributed by atoms with E-state index >= 15 is 0 Å². The predicted molar refractivity (Wildman–Crippen MR) is 125 cm³/mol. The Kier molecular flexibility index (Phi) is 6.19. The second kappa shape index (κ2) is 9.25. The monoisotopic (exact) mass is 486 g/mol. The van der Waals surface area contributed by atoms with Crippen molar-refractivity contribution in [3.8, 4) is 17.0 Å². The minimum Gasteiger partial charge on any atom is -0.486 e. The summed E-state index contributed by atoms with van der Waals surface area (Å²) < 4.78 is 27.5. The van der Waals surface area contributed by atoms with Crippen molar-refractivity contribution in [2.24, 2.45) is 0 Å². The van der Waals surface area contributed by atoms with Gasteiger partial charge < -0.3 is 9.47 Å². The molecule has 1 aromatic carbocycles. The first kappa shape index (κ1) is 22.1. The van der Waals surface area contributed by atoms with Crippen molar-refractivity contribution < 1.29 is 13.9 Å². The first-order valence-electron chi connectivity index (χ1n) is 10.7. The molecular formula is C24H21Cl2FN4O2. The summed E-state index contributed by atoms with van der Waals surface area (Å²) in [6.45, 7) is 2.58. The summed E-state index contributed by atoms with van der Waals surface area (Å²) in [6, 6.07) is 8.75. The van der Waals surface area contributed by atoms with Crippen molar-refractivity contribution in [3.05, 3.63) is 70.5 Å². The third kappa shape index (κ3) is 4.40. The highest BCUT2D eigenvalue weighted by molar-refractivity contribution is 6.35. The highest BCUT2D eigenvalue weighted by atomic mass is 35.5. The molecule has 0 saturated carbocycles. The zero-order valence-corrected chi connectivity index (χ0v) is 19.4. The molecule has 4 heterocycles. The Morgan fingerprint density at radius 1 is 1.12 bits per heavy atom. The number of aromatic nitrogens is 4. The molecule has 5 rings (SSSR count). The average Bonchev–Trinajstić information content (AvgIpc) is 3.19. The number of pyridine rings is 2. The smallest absolute Gasteiger partial charge is 0.212 e. The van der Waals surface area contributed by atoms with Gasteiger partial charge in [-0.1, -0.05) is 23.2 Å². The second-order valence-electron chi connectivity index (χ2n) is 7.94. The molecule has 0 bridgehead atoms. The summed E-state index contributed by atoms with van der Waals surface area (Å²) in [7, 11) is 0. The maximum absolute atomic E-state index is 13.4. The number of fused-ring (bicyclic) bond motifs is 1. The van der Waals surface area contributed by atoms with Crippen LogP contribution in [0.15, 0.2) is 48.9 Å². The Morgan fingerprint density at radius 2 is 1.94 bits per heavy atom. The highest BCUT2D eigenvalue weighted by Gasteiger charge is 2.23. The normalized spacial score (nSPS) is 17.3. The molecule has 0 spiro atoms. The molecule has 1 fully saturated rings. The fourth-order valence-electron chi connectivity index (χ4n) is 4.13. The molecule has 3 aromatic heterocycles. The number of nitrogens with zero attached hydrogens (tertiary/aromatic N) is 4. The van der Waals surface area contributed by atoms with E-state index in [0.717, 1.165) is 30.2 Å². The Morgan fingerprint density at radius 3 is 2.64 bits per heavy atom. The van der Waals surface area contributed by atoms with Crippen LogP contribution in [0.25, 0.3) is 22.2 Å². The van der Waals surface area contributed by atoms with Gasteiger partial charge in [-0.25, -0.2) is 9.67 Å². The van der Waals surface area contributed by atoms with E-state index < -0.39 is 12.1 Å². The van der Waals surface area contributed by atoms with Gasteiger partial charge in [-0.15, -0.1) is 0 Å². The number of halogens is 3. The Bertz CT molecular complexity index is 1270. The summed E-state index contributed by atoms with van der Waals surface area (Å²) in [4.78, 5) is 7.80. The van der Waals surface area contributed by atoms with Gasteiger partial charge in [0.05, 0.1) is 15.6 Å². The van der Waals surface area contributed by atoms with Crippen LogP contribution >= 0.6 is 23.2 Å². The number of rotatable bonds is 5. The standard InChI is InChI=1S/C24H21Cl2FN4O2/c1-14(23-18(25)12-28-13-19(23)26)33-16-6-7-20-17(10-16)24(15-5-8-21(27)29-11-15)30-31(20)22-4-2-3-9-32-22/h5-8,10-14,22H,2-4,9H2,1H3. The number of benzene rings is 1.